The number of esters is 2. The summed E-state index contributed by atoms with van der Waals surface area (Å²) in [5.74, 6) is 0.551. The Bertz CT molecular complexity index is 1110. The van der Waals surface area contributed by atoms with Gasteiger partial charge in [0.2, 0.25) is 0 Å². The molecule has 2 aromatic rings. The van der Waals surface area contributed by atoms with Crippen LogP contribution in [0.5, 0.6) is 5.75 Å². The second-order valence-corrected chi connectivity index (χ2v) is 14.8. The highest BCUT2D eigenvalue weighted by Crippen LogP contribution is 2.41. The highest BCUT2D eigenvalue weighted by Gasteiger charge is 2.45. The lowest BCUT2D eigenvalue weighted by Gasteiger charge is -2.34. The maximum absolute atomic E-state index is 13.1. The van der Waals surface area contributed by atoms with Crippen LogP contribution in [-0.4, -0.2) is 44.0 Å². The number of fused-ring (bicyclic) bond motifs is 1. The van der Waals surface area contributed by atoms with Crippen LogP contribution in [0.15, 0.2) is 48.5 Å². The summed E-state index contributed by atoms with van der Waals surface area (Å²) in [5.41, 5.74) is -0.310. The molecule has 1 aliphatic heterocycles. The molecule has 4 atom stereocenters. The summed E-state index contributed by atoms with van der Waals surface area (Å²) in [6.45, 7) is 10.5. The lowest BCUT2D eigenvalue weighted by Crippen LogP contribution is -3.61. The third kappa shape index (κ3) is 8.43. The molecule has 7 heteroatoms. The van der Waals surface area contributed by atoms with E-state index in [0.717, 1.165) is 25.0 Å². The van der Waals surface area contributed by atoms with E-state index < -0.39 is 10.8 Å². The van der Waals surface area contributed by atoms with Crippen molar-refractivity contribution in [2.45, 2.75) is 78.9 Å². The number of ether oxygens (including phenoxy) is 4. The van der Waals surface area contributed by atoms with Gasteiger partial charge >= 0.3 is 33.1 Å². The summed E-state index contributed by atoms with van der Waals surface area (Å²) in [7, 11) is 0. The number of aryl methyl sites for hydroxylation is 1. The van der Waals surface area contributed by atoms with Crippen LogP contribution in [0, 0.1) is 30.8 Å². The summed E-state index contributed by atoms with van der Waals surface area (Å²) >= 11 is -0.224. The molecule has 4 rings (SSSR count). The van der Waals surface area contributed by atoms with Gasteiger partial charge in [0.1, 0.15) is 19.0 Å². The van der Waals surface area contributed by atoms with Crippen LogP contribution < -0.4 is 25.9 Å². The molecule has 1 heterocycles. The van der Waals surface area contributed by atoms with Gasteiger partial charge in [-0.15, -0.1) is 0 Å². The summed E-state index contributed by atoms with van der Waals surface area (Å²) in [5, 5.41) is 0. The second kappa shape index (κ2) is 13.0. The van der Waals surface area contributed by atoms with E-state index in [1.807, 2.05) is 39.8 Å². The summed E-state index contributed by atoms with van der Waals surface area (Å²) in [6, 6.07) is 16.8. The summed E-state index contributed by atoms with van der Waals surface area (Å²) in [4.78, 5) is 26.0. The van der Waals surface area contributed by atoms with E-state index in [2.05, 4.69) is 43.3 Å². The molecular formula is C32H42IO6+. The van der Waals surface area contributed by atoms with Crippen molar-refractivity contribution in [1.82, 2.24) is 0 Å². The second-order valence-electron chi connectivity index (χ2n) is 11.8. The van der Waals surface area contributed by atoms with E-state index in [1.54, 1.807) is 0 Å². The smallest absolute Gasteiger partial charge is 0.357 e. The van der Waals surface area contributed by atoms with E-state index in [0.29, 0.717) is 37.6 Å². The average molecular weight is 650 g/mol. The van der Waals surface area contributed by atoms with Crippen molar-refractivity contribution >= 4 is 11.9 Å². The summed E-state index contributed by atoms with van der Waals surface area (Å²) < 4.78 is 25.4. The zero-order valence-electron chi connectivity index (χ0n) is 23.8. The van der Waals surface area contributed by atoms with Crippen LogP contribution >= 0.6 is 0 Å². The van der Waals surface area contributed by atoms with Gasteiger partial charge in [-0.3, -0.25) is 9.59 Å². The first-order chi connectivity index (χ1) is 18.6. The van der Waals surface area contributed by atoms with Crippen LogP contribution in [0.25, 0.3) is 0 Å². The van der Waals surface area contributed by atoms with Crippen LogP contribution in [-0.2, 0) is 23.8 Å². The molecule has 1 saturated carbocycles. The molecule has 2 aromatic carbocycles. The van der Waals surface area contributed by atoms with Crippen molar-refractivity contribution in [3.63, 3.8) is 0 Å². The molecule has 1 saturated heterocycles. The SMILES string of the molecule is CCC(C)(CC(C)(C)C(=O)OCCOc1ccc([I+]c2ccc(C)cc2)cc1)C(=O)OCC1CCC2OC2C1. The van der Waals surface area contributed by atoms with E-state index >= 15 is 0 Å². The Morgan fingerprint density at radius 2 is 1.56 bits per heavy atom. The molecule has 0 spiro atoms. The first-order valence-corrected chi connectivity index (χ1v) is 16.2. The fourth-order valence-electron chi connectivity index (χ4n) is 5.20. The lowest BCUT2D eigenvalue weighted by atomic mass is 9.72. The number of epoxide rings is 1. The zero-order valence-corrected chi connectivity index (χ0v) is 26.0. The van der Waals surface area contributed by atoms with E-state index in [-0.39, 0.29) is 46.4 Å². The molecule has 0 N–H and O–H groups in total. The fourth-order valence-corrected chi connectivity index (χ4v) is 7.36. The molecule has 0 radical (unpaired) electrons. The molecule has 2 aliphatic rings. The van der Waals surface area contributed by atoms with Crippen molar-refractivity contribution in [2.24, 2.45) is 16.7 Å². The number of halogens is 1. The Morgan fingerprint density at radius 3 is 2.21 bits per heavy atom. The molecule has 0 aromatic heterocycles. The van der Waals surface area contributed by atoms with Crippen LogP contribution in [0.3, 0.4) is 0 Å². The van der Waals surface area contributed by atoms with Gasteiger partial charge in [0.25, 0.3) is 0 Å². The molecule has 1 aliphatic carbocycles. The third-order valence-electron chi connectivity index (χ3n) is 7.85. The van der Waals surface area contributed by atoms with Crippen LogP contribution in [0.4, 0.5) is 0 Å². The average Bonchev–Trinajstić information content (AvgIpc) is 3.70. The van der Waals surface area contributed by atoms with Gasteiger partial charge in [-0.05, 0) is 102 Å². The zero-order chi connectivity index (χ0) is 28.0. The van der Waals surface area contributed by atoms with Gasteiger partial charge in [-0.2, -0.15) is 0 Å². The molecule has 2 fully saturated rings. The van der Waals surface area contributed by atoms with Gasteiger partial charge in [-0.1, -0.05) is 24.6 Å². The topological polar surface area (TPSA) is 74.4 Å². The van der Waals surface area contributed by atoms with Crippen molar-refractivity contribution in [3.8, 4) is 5.75 Å². The minimum Gasteiger partial charge on any atom is -0.490 e. The Kier molecular flexibility index (Phi) is 9.97. The van der Waals surface area contributed by atoms with Gasteiger partial charge in [0.05, 0.1) is 29.6 Å². The van der Waals surface area contributed by atoms with Crippen molar-refractivity contribution in [2.75, 3.05) is 19.8 Å². The molecule has 0 bridgehead atoms. The predicted molar refractivity (Wildman–Crippen MR) is 145 cm³/mol. The number of rotatable bonds is 13. The molecule has 4 unspecified atom stereocenters. The third-order valence-corrected chi connectivity index (χ3v) is 10.5. The number of benzene rings is 2. The van der Waals surface area contributed by atoms with Crippen molar-refractivity contribution in [3.05, 3.63) is 61.2 Å². The van der Waals surface area contributed by atoms with Crippen LogP contribution in [0.2, 0.25) is 0 Å². The van der Waals surface area contributed by atoms with Gasteiger partial charge in [-0.25, -0.2) is 0 Å². The maximum atomic E-state index is 13.1. The first kappa shape index (κ1) is 29.8. The Balaban J connectivity index is 1.18. The largest absolute Gasteiger partial charge is 0.490 e. The maximum Gasteiger partial charge on any atom is 0.357 e. The fraction of sp³-hybridized carbons (Fsp3) is 0.562. The number of carbonyl (C=O) groups is 2. The highest BCUT2D eigenvalue weighted by molar-refractivity contribution is 5.80. The lowest BCUT2D eigenvalue weighted by molar-refractivity contribution is -0.597. The first-order valence-electron chi connectivity index (χ1n) is 14.0. The number of carbonyl (C=O) groups excluding carboxylic acids is 2. The van der Waals surface area contributed by atoms with Gasteiger partial charge in [0.15, 0.2) is 7.14 Å². The van der Waals surface area contributed by atoms with Crippen molar-refractivity contribution in [1.29, 1.82) is 0 Å². The van der Waals surface area contributed by atoms with Crippen molar-refractivity contribution < 1.29 is 49.7 Å². The van der Waals surface area contributed by atoms with E-state index in [9.17, 15) is 9.59 Å². The highest BCUT2D eigenvalue weighted by atomic mass is 127. The summed E-state index contributed by atoms with van der Waals surface area (Å²) in [6.07, 6.45) is 4.82. The molecule has 212 valence electrons. The minimum atomic E-state index is -0.828. The standard InChI is InChI=1S/C32H42IO6/c1-6-32(5,30(35)38-20-23-9-16-27-28(19-23)39-27)21-31(3,4)29(34)37-18-17-36-26-14-12-25(13-15-26)33-24-10-7-22(2)8-11-24/h7-8,10-15,23,27-28H,6,9,16-21H2,1-5H3/q+1. The minimum absolute atomic E-state index is 0.152. The van der Waals surface area contributed by atoms with E-state index in [4.69, 9.17) is 18.9 Å². The van der Waals surface area contributed by atoms with Gasteiger partial charge < -0.3 is 18.9 Å². The van der Waals surface area contributed by atoms with Crippen LogP contribution in [0.1, 0.15) is 65.4 Å². The van der Waals surface area contributed by atoms with E-state index in [1.165, 1.54) is 12.7 Å². The number of hydrogen-bond acceptors (Lipinski definition) is 6. The monoisotopic (exact) mass is 649 g/mol. The normalized spacial score (nSPS) is 21.8. The quantitative estimate of drug-likeness (QED) is 0.144. The Hall–Kier alpha value is -2.13. The predicted octanol–water partition coefficient (Wildman–Crippen LogP) is 2.99. The Morgan fingerprint density at radius 1 is 0.897 bits per heavy atom. The Labute approximate surface area is 243 Å². The molecule has 0 amide bonds. The molecule has 39 heavy (non-hydrogen) atoms. The number of hydrogen-bond donors (Lipinski definition) is 0. The molecule has 6 nitrogen and oxygen atoms in total. The van der Waals surface area contributed by atoms with Gasteiger partial charge in [0, 0.05) is 0 Å². The molecular weight excluding hydrogens is 607 g/mol.